The second kappa shape index (κ2) is 4.70. The summed E-state index contributed by atoms with van der Waals surface area (Å²) in [6.45, 7) is 2.61. The van der Waals surface area contributed by atoms with Crippen molar-refractivity contribution in [3.05, 3.63) is 23.7 Å². The van der Waals surface area contributed by atoms with Crippen molar-refractivity contribution in [3.8, 4) is 0 Å². The molecule has 1 fully saturated rings. The van der Waals surface area contributed by atoms with Crippen molar-refractivity contribution in [2.75, 3.05) is 6.61 Å². The number of hydrogen-bond acceptors (Lipinski definition) is 3. The zero-order valence-corrected chi connectivity index (χ0v) is 9.31. The van der Waals surface area contributed by atoms with E-state index in [1.54, 1.807) is 0 Å². The van der Waals surface area contributed by atoms with E-state index < -0.39 is 18.0 Å². The Hall–Kier alpha value is -1.29. The van der Waals surface area contributed by atoms with Gasteiger partial charge in [0.05, 0.1) is 5.92 Å². The standard InChI is InChI=1S/C12H16O4/c1-2-8-5-6-10(16-8)11-9(12(13)14)4-3-7-15-11/h5-6,9,11H,2-4,7H2,1H3,(H,13,14). The molecule has 2 heterocycles. The van der Waals surface area contributed by atoms with Crippen LogP contribution in [0.5, 0.6) is 0 Å². The number of aryl methyl sites for hydroxylation is 1. The summed E-state index contributed by atoms with van der Waals surface area (Å²) in [5, 5.41) is 9.11. The Morgan fingerprint density at radius 2 is 2.38 bits per heavy atom. The molecule has 4 heteroatoms. The number of rotatable bonds is 3. The first kappa shape index (κ1) is 11.2. The van der Waals surface area contributed by atoms with Crippen molar-refractivity contribution in [2.45, 2.75) is 32.3 Å². The molecule has 16 heavy (non-hydrogen) atoms. The Morgan fingerprint density at radius 3 is 3.00 bits per heavy atom. The summed E-state index contributed by atoms with van der Waals surface area (Å²) in [6, 6.07) is 3.71. The topological polar surface area (TPSA) is 59.7 Å². The molecule has 0 amide bonds. The lowest BCUT2D eigenvalue weighted by molar-refractivity contribution is -0.153. The minimum absolute atomic E-state index is 0.424. The van der Waals surface area contributed by atoms with Crippen molar-refractivity contribution in [2.24, 2.45) is 5.92 Å². The van der Waals surface area contributed by atoms with Crippen LogP contribution in [0.15, 0.2) is 16.5 Å². The predicted molar refractivity (Wildman–Crippen MR) is 57.1 cm³/mol. The fraction of sp³-hybridized carbons (Fsp3) is 0.583. The molecular formula is C12H16O4. The maximum Gasteiger partial charge on any atom is 0.309 e. The molecule has 0 aliphatic carbocycles. The van der Waals surface area contributed by atoms with Crippen LogP contribution in [0.2, 0.25) is 0 Å². The highest BCUT2D eigenvalue weighted by Gasteiger charge is 2.34. The molecule has 1 aliphatic heterocycles. The van der Waals surface area contributed by atoms with E-state index in [1.807, 2.05) is 19.1 Å². The van der Waals surface area contributed by atoms with Crippen LogP contribution in [0.3, 0.4) is 0 Å². The third-order valence-electron chi connectivity index (χ3n) is 2.95. The van der Waals surface area contributed by atoms with Gasteiger partial charge >= 0.3 is 5.97 Å². The zero-order chi connectivity index (χ0) is 11.5. The van der Waals surface area contributed by atoms with Gasteiger partial charge < -0.3 is 14.3 Å². The lowest BCUT2D eigenvalue weighted by Crippen LogP contribution is -2.28. The Kier molecular flexibility index (Phi) is 3.29. The van der Waals surface area contributed by atoms with Crippen molar-refractivity contribution in [1.82, 2.24) is 0 Å². The van der Waals surface area contributed by atoms with E-state index in [1.165, 1.54) is 0 Å². The predicted octanol–water partition coefficient (Wildman–Crippen LogP) is 2.39. The molecule has 2 atom stereocenters. The lowest BCUT2D eigenvalue weighted by Gasteiger charge is -2.27. The molecule has 1 aliphatic rings. The van der Waals surface area contributed by atoms with Gasteiger partial charge in [-0.25, -0.2) is 0 Å². The van der Waals surface area contributed by atoms with Crippen LogP contribution in [0.1, 0.15) is 37.4 Å². The minimum atomic E-state index is -0.806. The third-order valence-corrected chi connectivity index (χ3v) is 2.95. The fourth-order valence-electron chi connectivity index (χ4n) is 2.05. The number of carbonyl (C=O) groups is 1. The molecular weight excluding hydrogens is 208 g/mol. The summed E-state index contributed by atoms with van der Waals surface area (Å²) < 4.78 is 11.1. The number of hydrogen-bond donors (Lipinski definition) is 1. The van der Waals surface area contributed by atoms with E-state index in [4.69, 9.17) is 14.3 Å². The van der Waals surface area contributed by atoms with Crippen molar-refractivity contribution >= 4 is 5.97 Å². The van der Waals surface area contributed by atoms with Gasteiger partial charge in [-0.15, -0.1) is 0 Å². The van der Waals surface area contributed by atoms with Crippen LogP contribution in [0.25, 0.3) is 0 Å². The van der Waals surface area contributed by atoms with Crippen LogP contribution in [0, 0.1) is 5.92 Å². The highest BCUT2D eigenvalue weighted by atomic mass is 16.5. The van der Waals surface area contributed by atoms with Gasteiger partial charge in [0.15, 0.2) is 0 Å². The summed E-state index contributed by atoms with van der Waals surface area (Å²) >= 11 is 0. The van der Waals surface area contributed by atoms with Crippen LogP contribution in [0.4, 0.5) is 0 Å². The minimum Gasteiger partial charge on any atom is -0.481 e. The molecule has 88 valence electrons. The Balaban J connectivity index is 2.19. The van der Waals surface area contributed by atoms with Crippen LogP contribution in [-0.2, 0) is 16.0 Å². The highest BCUT2D eigenvalue weighted by Crippen LogP contribution is 2.34. The molecule has 0 aromatic carbocycles. The summed E-state index contributed by atoms with van der Waals surface area (Å²) in [5.74, 6) is 0.223. The van der Waals surface area contributed by atoms with Crippen molar-refractivity contribution in [1.29, 1.82) is 0 Å². The quantitative estimate of drug-likeness (QED) is 0.856. The SMILES string of the molecule is CCc1ccc(C2OCCCC2C(=O)O)o1. The number of ether oxygens (including phenoxy) is 1. The van der Waals surface area contributed by atoms with Crippen LogP contribution < -0.4 is 0 Å². The van der Waals surface area contributed by atoms with E-state index in [9.17, 15) is 4.79 Å². The molecule has 1 saturated heterocycles. The molecule has 0 spiro atoms. The summed E-state index contributed by atoms with van der Waals surface area (Å²) in [4.78, 5) is 11.1. The first-order valence-electron chi connectivity index (χ1n) is 5.65. The van der Waals surface area contributed by atoms with E-state index in [0.717, 1.165) is 18.6 Å². The molecule has 2 rings (SSSR count). The van der Waals surface area contributed by atoms with Gasteiger partial charge in [0.2, 0.25) is 0 Å². The molecule has 1 N–H and O–H groups in total. The Bertz CT molecular complexity index is 369. The maximum absolute atomic E-state index is 11.1. The Morgan fingerprint density at radius 1 is 1.56 bits per heavy atom. The second-order valence-electron chi connectivity index (χ2n) is 4.04. The number of carboxylic acids is 1. The van der Waals surface area contributed by atoms with Crippen molar-refractivity contribution < 1.29 is 19.1 Å². The fourth-order valence-corrected chi connectivity index (χ4v) is 2.05. The smallest absolute Gasteiger partial charge is 0.309 e. The summed E-state index contributed by atoms with van der Waals surface area (Å²) in [5.41, 5.74) is 0. The van der Waals surface area contributed by atoms with Gasteiger partial charge in [-0.05, 0) is 25.0 Å². The van der Waals surface area contributed by atoms with Gasteiger partial charge in [-0.3, -0.25) is 4.79 Å². The van der Waals surface area contributed by atoms with Gasteiger partial charge in [0.25, 0.3) is 0 Å². The molecule has 1 aromatic rings. The number of carboxylic acid groups (broad SMARTS) is 1. The normalized spacial score (nSPS) is 25.6. The highest BCUT2D eigenvalue weighted by molar-refractivity contribution is 5.71. The van der Waals surface area contributed by atoms with E-state index >= 15 is 0 Å². The van der Waals surface area contributed by atoms with Gasteiger partial charge in [-0.1, -0.05) is 6.92 Å². The molecule has 0 bridgehead atoms. The molecule has 0 saturated carbocycles. The van der Waals surface area contributed by atoms with E-state index in [2.05, 4.69) is 0 Å². The van der Waals surface area contributed by atoms with E-state index in [-0.39, 0.29) is 0 Å². The largest absolute Gasteiger partial charge is 0.481 e. The molecule has 2 unspecified atom stereocenters. The molecule has 0 radical (unpaired) electrons. The average Bonchev–Trinajstić information content (AvgIpc) is 2.77. The van der Waals surface area contributed by atoms with Crippen LogP contribution >= 0.6 is 0 Å². The van der Waals surface area contributed by atoms with Gasteiger partial charge in [0, 0.05) is 13.0 Å². The number of furan rings is 1. The average molecular weight is 224 g/mol. The van der Waals surface area contributed by atoms with E-state index in [0.29, 0.717) is 18.8 Å². The molecule has 4 nitrogen and oxygen atoms in total. The maximum atomic E-state index is 11.1. The van der Waals surface area contributed by atoms with Crippen LogP contribution in [-0.4, -0.2) is 17.7 Å². The monoisotopic (exact) mass is 224 g/mol. The summed E-state index contributed by atoms with van der Waals surface area (Å²) in [7, 11) is 0. The molecule has 1 aromatic heterocycles. The van der Waals surface area contributed by atoms with Crippen molar-refractivity contribution in [3.63, 3.8) is 0 Å². The Labute approximate surface area is 94.2 Å². The lowest BCUT2D eigenvalue weighted by atomic mass is 9.93. The summed E-state index contributed by atoms with van der Waals surface area (Å²) in [6.07, 6.45) is 1.84. The van der Waals surface area contributed by atoms with Gasteiger partial charge in [0.1, 0.15) is 17.6 Å². The second-order valence-corrected chi connectivity index (χ2v) is 4.04. The van der Waals surface area contributed by atoms with Gasteiger partial charge in [-0.2, -0.15) is 0 Å². The number of aliphatic carboxylic acids is 1. The third kappa shape index (κ3) is 2.11. The first-order valence-corrected chi connectivity index (χ1v) is 5.65. The first-order chi connectivity index (χ1) is 7.72. The zero-order valence-electron chi connectivity index (χ0n) is 9.31.